The molecule has 1 aliphatic heterocycles. The van der Waals surface area contributed by atoms with Gasteiger partial charge in [0.25, 0.3) is 5.91 Å². The van der Waals surface area contributed by atoms with Gasteiger partial charge >= 0.3 is 0 Å². The number of amides is 1. The summed E-state index contributed by atoms with van der Waals surface area (Å²) < 4.78 is 5.34. The molecule has 0 spiro atoms. The van der Waals surface area contributed by atoms with Gasteiger partial charge < -0.3 is 15.4 Å². The minimum Gasteiger partial charge on any atom is -0.379 e. The molecule has 1 saturated heterocycles. The molecule has 0 unspecified atom stereocenters. The molecule has 2 heterocycles. The van der Waals surface area contributed by atoms with Crippen LogP contribution in [0.25, 0.3) is 0 Å². The van der Waals surface area contributed by atoms with E-state index in [1.165, 1.54) is 6.33 Å². The fraction of sp³-hybridized carbons (Fsp3) is 0.421. The van der Waals surface area contributed by atoms with E-state index in [1.54, 1.807) is 6.07 Å². The summed E-state index contributed by atoms with van der Waals surface area (Å²) in [7, 11) is 0. The number of nitrogens with zero attached hydrogens (tertiary/aromatic N) is 3. The summed E-state index contributed by atoms with van der Waals surface area (Å²) in [6.07, 6.45) is 1.41. The van der Waals surface area contributed by atoms with E-state index in [0.717, 1.165) is 56.2 Å². The number of carbonyl (C=O) groups is 1. The Morgan fingerprint density at radius 3 is 2.85 bits per heavy atom. The molecule has 138 valence electrons. The minimum absolute atomic E-state index is 0.239. The maximum absolute atomic E-state index is 12.5. The van der Waals surface area contributed by atoms with Crippen molar-refractivity contribution >= 4 is 17.4 Å². The Labute approximate surface area is 153 Å². The first-order valence-electron chi connectivity index (χ1n) is 8.87. The maximum atomic E-state index is 12.5. The third-order valence-electron chi connectivity index (χ3n) is 4.59. The van der Waals surface area contributed by atoms with Gasteiger partial charge in [0.1, 0.15) is 17.8 Å². The number of hydrogen-bond donors (Lipinski definition) is 2. The first kappa shape index (κ1) is 18.3. The van der Waals surface area contributed by atoms with E-state index >= 15 is 0 Å². The molecule has 0 saturated carbocycles. The highest BCUT2D eigenvalue weighted by Gasteiger charge is 2.12. The second-order valence-electron chi connectivity index (χ2n) is 6.37. The van der Waals surface area contributed by atoms with Crippen LogP contribution in [0, 0.1) is 13.8 Å². The van der Waals surface area contributed by atoms with E-state index in [1.807, 2.05) is 32.0 Å². The summed E-state index contributed by atoms with van der Waals surface area (Å²) >= 11 is 0. The van der Waals surface area contributed by atoms with Crippen LogP contribution in [-0.4, -0.2) is 60.2 Å². The number of benzene rings is 1. The van der Waals surface area contributed by atoms with E-state index in [2.05, 4.69) is 25.5 Å². The molecule has 1 aromatic carbocycles. The van der Waals surface area contributed by atoms with Crippen molar-refractivity contribution in [2.75, 3.05) is 50.0 Å². The van der Waals surface area contributed by atoms with E-state index in [-0.39, 0.29) is 5.91 Å². The highest BCUT2D eigenvalue weighted by Crippen LogP contribution is 2.18. The lowest BCUT2D eigenvalue weighted by Gasteiger charge is -2.26. The number of hydrogen-bond acceptors (Lipinski definition) is 6. The molecule has 3 rings (SSSR count). The largest absolute Gasteiger partial charge is 0.379 e. The zero-order valence-electron chi connectivity index (χ0n) is 15.3. The van der Waals surface area contributed by atoms with Crippen molar-refractivity contribution in [2.24, 2.45) is 0 Å². The molecule has 0 atom stereocenters. The van der Waals surface area contributed by atoms with Crippen molar-refractivity contribution in [1.82, 2.24) is 14.9 Å². The molecule has 1 amide bonds. The lowest BCUT2D eigenvalue weighted by molar-refractivity contribution is 0.0398. The molecule has 7 heteroatoms. The first-order valence-corrected chi connectivity index (χ1v) is 8.87. The van der Waals surface area contributed by atoms with Crippen LogP contribution in [0.3, 0.4) is 0 Å². The monoisotopic (exact) mass is 355 g/mol. The van der Waals surface area contributed by atoms with E-state index < -0.39 is 0 Å². The number of ether oxygens (including phenoxy) is 1. The van der Waals surface area contributed by atoms with Gasteiger partial charge in [0.05, 0.1) is 13.2 Å². The number of rotatable bonds is 6. The predicted octanol–water partition coefficient (Wildman–Crippen LogP) is 2.09. The maximum Gasteiger partial charge on any atom is 0.274 e. The van der Waals surface area contributed by atoms with Crippen LogP contribution in [0.1, 0.15) is 21.6 Å². The zero-order valence-corrected chi connectivity index (χ0v) is 15.3. The van der Waals surface area contributed by atoms with Crippen molar-refractivity contribution in [2.45, 2.75) is 13.8 Å². The lowest BCUT2D eigenvalue weighted by Crippen LogP contribution is -2.39. The molecule has 1 aromatic heterocycles. The Kier molecular flexibility index (Phi) is 6.14. The Morgan fingerprint density at radius 1 is 1.23 bits per heavy atom. The summed E-state index contributed by atoms with van der Waals surface area (Å²) in [6, 6.07) is 7.52. The molecule has 26 heavy (non-hydrogen) atoms. The van der Waals surface area contributed by atoms with Crippen molar-refractivity contribution in [3.05, 3.63) is 47.4 Å². The predicted molar refractivity (Wildman–Crippen MR) is 102 cm³/mol. The summed E-state index contributed by atoms with van der Waals surface area (Å²) in [5.74, 6) is 0.414. The average molecular weight is 355 g/mol. The number of anilines is 2. The molecule has 0 radical (unpaired) electrons. The van der Waals surface area contributed by atoms with Crippen LogP contribution in [0.15, 0.2) is 30.6 Å². The second kappa shape index (κ2) is 8.73. The van der Waals surface area contributed by atoms with Crippen molar-refractivity contribution in [1.29, 1.82) is 0 Å². The molecular weight excluding hydrogens is 330 g/mol. The number of aromatic nitrogens is 2. The molecular formula is C19H25N5O2. The highest BCUT2D eigenvalue weighted by molar-refractivity contribution is 6.03. The van der Waals surface area contributed by atoms with Crippen LogP contribution in [0.4, 0.5) is 11.5 Å². The number of morpholine rings is 1. The molecule has 0 bridgehead atoms. The lowest BCUT2D eigenvalue weighted by atomic mass is 10.1. The first-order chi connectivity index (χ1) is 12.6. The van der Waals surface area contributed by atoms with E-state index in [9.17, 15) is 4.79 Å². The van der Waals surface area contributed by atoms with Gasteiger partial charge in [0, 0.05) is 37.9 Å². The van der Waals surface area contributed by atoms with Gasteiger partial charge in [-0.2, -0.15) is 0 Å². The van der Waals surface area contributed by atoms with Gasteiger partial charge in [-0.25, -0.2) is 9.97 Å². The SMILES string of the molecule is Cc1cccc(NC(=O)c2cc(NCCN3CCOCC3)ncn2)c1C. The number of aryl methyl sites for hydroxylation is 1. The van der Waals surface area contributed by atoms with Crippen molar-refractivity contribution < 1.29 is 9.53 Å². The normalized spacial score (nSPS) is 14.8. The molecule has 1 fully saturated rings. The van der Waals surface area contributed by atoms with Gasteiger partial charge in [-0.3, -0.25) is 9.69 Å². The minimum atomic E-state index is -0.239. The molecule has 1 aliphatic rings. The third-order valence-corrected chi connectivity index (χ3v) is 4.59. The number of carbonyl (C=O) groups excluding carboxylic acids is 1. The summed E-state index contributed by atoms with van der Waals surface area (Å²) in [5, 5.41) is 6.18. The Morgan fingerprint density at radius 2 is 2.04 bits per heavy atom. The fourth-order valence-electron chi connectivity index (χ4n) is 2.82. The van der Waals surface area contributed by atoms with Crippen LogP contribution in [0.2, 0.25) is 0 Å². The second-order valence-corrected chi connectivity index (χ2v) is 6.37. The Hall–Kier alpha value is -2.51. The van der Waals surface area contributed by atoms with Gasteiger partial charge in [-0.15, -0.1) is 0 Å². The Balaban J connectivity index is 1.57. The van der Waals surface area contributed by atoms with Crippen LogP contribution < -0.4 is 10.6 Å². The topological polar surface area (TPSA) is 79.4 Å². The standard InChI is InChI=1S/C19H25N5O2/c1-14-4-3-5-16(15(14)2)23-19(25)17-12-18(22-13-21-17)20-6-7-24-8-10-26-11-9-24/h3-5,12-13H,6-11H2,1-2H3,(H,23,25)(H,20,21,22). The third kappa shape index (κ3) is 4.77. The van der Waals surface area contributed by atoms with Gasteiger partial charge in [0.2, 0.25) is 0 Å². The highest BCUT2D eigenvalue weighted by atomic mass is 16.5. The summed E-state index contributed by atoms with van der Waals surface area (Å²) in [4.78, 5) is 23.1. The quantitative estimate of drug-likeness (QED) is 0.826. The number of nitrogens with one attached hydrogen (secondary N) is 2. The van der Waals surface area contributed by atoms with Crippen molar-refractivity contribution in [3.8, 4) is 0 Å². The van der Waals surface area contributed by atoms with Crippen LogP contribution in [0.5, 0.6) is 0 Å². The van der Waals surface area contributed by atoms with Crippen LogP contribution >= 0.6 is 0 Å². The van der Waals surface area contributed by atoms with Crippen molar-refractivity contribution in [3.63, 3.8) is 0 Å². The summed E-state index contributed by atoms with van der Waals surface area (Å²) in [6.45, 7) is 9.17. The molecule has 0 aliphatic carbocycles. The molecule has 2 N–H and O–H groups in total. The average Bonchev–Trinajstić information content (AvgIpc) is 2.66. The Bertz CT molecular complexity index is 759. The van der Waals surface area contributed by atoms with Crippen LogP contribution in [-0.2, 0) is 4.74 Å². The molecule has 2 aromatic rings. The summed E-state index contributed by atoms with van der Waals surface area (Å²) in [5.41, 5.74) is 3.33. The zero-order chi connectivity index (χ0) is 18.4. The van der Waals surface area contributed by atoms with E-state index in [0.29, 0.717) is 11.5 Å². The van der Waals surface area contributed by atoms with E-state index in [4.69, 9.17) is 4.74 Å². The fourth-order valence-corrected chi connectivity index (χ4v) is 2.82. The smallest absolute Gasteiger partial charge is 0.274 e. The van der Waals surface area contributed by atoms with Gasteiger partial charge in [-0.1, -0.05) is 12.1 Å². The van der Waals surface area contributed by atoms with Gasteiger partial charge in [-0.05, 0) is 31.0 Å². The molecule has 7 nitrogen and oxygen atoms in total. The van der Waals surface area contributed by atoms with Gasteiger partial charge in [0.15, 0.2) is 0 Å².